The Morgan fingerprint density at radius 3 is 2.81 bits per heavy atom. The van der Waals surface area contributed by atoms with Gasteiger partial charge in [0.05, 0.1) is 18.2 Å². The van der Waals surface area contributed by atoms with Gasteiger partial charge in [-0.25, -0.2) is 0 Å². The molecule has 1 amide bonds. The second kappa shape index (κ2) is 5.77. The van der Waals surface area contributed by atoms with E-state index in [2.05, 4.69) is 10.00 Å². The third-order valence-electron chi connectivity index (χ3n) is 4.48. The molecule has 2 atom stereocenters. The van der Waals surface area contributed by atoms with Crippen molar-refractivity contribution in [1.29, 1.82) is 0 Å². The van der Waals surface area contributed by atoms with Crippen LogP contribution in [0.15, 0.2) is 12.4 Å². The minimum absolute atomic E-state index is 0.0976. The number of rotatable bonds is 4. The van der Waals surface area contributed by atoms with Gasteiger partial charge in [0.25, 0.3) is 0 Å². The van der Waals surface area contributed by atoms with Crippen LogP contribution < -0.4 is 0 Å². The van der Waals surface area contributed by atoms with Gasteiger partial charge in [0.2, 0.25) is 5.91 Å². The van der Waals surface area contributed by atoms with Crippen molar-refractivity contribution in [3.05, 3.63) is 18.0 Å². The summed E-state index contributed by atoms with van der Waals surface area (Å²) in [5.74, 6) is -0.193. The van der Waals surface area contributed by atoms with E-state index in [0.717, 1.165) is 24.9 Å². The summed E-state index contributed by atoms with van der Waals surface area (Å²) >= 11 is 0. The van der Waals surface area contributed by atoms with Crippen LogP contribution >= 0.6 is 0 Å². The topological polar surface area (TPSA) is 61.6 Å². The summed E-state index contributed by atoms with van der Waals surface area (Å²) in [5, 5.41) is 14.4. The summed E-state index contributed by atoms with van der Waals surface area (Å²) < 4.78 is 1.76. The molecule has 116 valence electrons. The molecule has 1 aliphatic carbocycles. The van der Waals surface area contributed by atoms with E-state index < -0.39 is 6.10 Å². The maximum Gasteiger partial charge on any atom is 0.230 e. The SMILES string of the molecule is CN1CC[C@H](O)[C@H](C(=O)N(Cc2cnn(C)c2)C2CC2)C1. The molecule has 6 nitrogen and oxygen atoms in total. The zero-order chi connectivity index (χ0) is 15.0. The van der Waals surface area contributed by atoms with Crippen molar-refractivity contribution in [2.75, 3.05) is 20.1 Å². The monoisotopic (exact) mass is 292 g/mol. The van der Waals surface area contributed by atoms with Gasteiger partial charge >= 0.3 is 0 Å². The van der Waals surface area contributed by atoms with Gasteiger partial charge in [-0.1, -0.05) is 0 Å². The number of aliphatic hydroxyl groups excluding tert-OH is 1. The lowest BCUT2D eigenvalue weighted by molar-refractivity contribution is -0.143. The van der Waals surface area contributed by atoms with Crippen molar-refractivity contribution < 1.29 is 9.90 Å². The molecule has 2 fully saturated rings. The first kappa shape index (κ1) is 14.5. The highest BCUT2D eigenvalue weighted by Gasteiger charge is 2.40. The molecule has 1 saturated heterocycles. The molecule has 21 heavy (non-hydrogen) atoms. The summed E-state index contributed by atoms with van der Waals surface area (Å²) in [5.41, 5.74) is 1.05. The Morgan fingerprint density at radius 2 is 2.19 bits per heavy atom. The van der Waals surface area contributed by atoms with Crippen LogP contribution in [-0.4, -0.2) is 62.9 Å². The number of aliphatic hydroxyl groups is 1. The number of carbonyl (C=O) groups excluding carboxylic acids is 1. The van der Waals surface area contributed by atoms with Crippen LogP contribution in [0.5, 0.6) is 0 Å². The molecule has 1 aliphatic heterocycles. The summed E-state index contributed by atoms with van der Waals surface area (Å²) in [6, 6.07) is 0.345. The molecule has 3 rings (SSSR count). The quantitative estimate of drug-likeness (QED) is 0.862. The lowest BCUT2D eigenvalue weighted by Crippen LogP contribution is -2.50. The first-order valence-corrected chi connectivity index (χ1v) is 7.69. The third-order valence-corrected chi connectivity index (χ3v) is 4.48. The summed E-state index contributed by atoms with van der Waals surface area (Å²) in [7, 11) is 3.89. The number of piperidine rings is 1. The standard InChI is InChI=1S/C15H24N4O2/c1-17-6-5-14(20)13(10-17)15(21)19(12-3-4-12)9-11-7-16-18(2)8-11/h7-8,12-14,20H,3-6,9-10H2,1-2H3/t13-,14+/m1/s1. The maximum atomic E-state index is 12.9. The largest absolute Gasteiger partial charge is 0.392 e. The highest BCUT2D eigenvalue weighted by Crippen LogP contribution is 2.31. The second-order valence-corrected chi connectivity index (χ2v) is 6.44. The first-order chi connectivity index (χ1) is 10.0. The summed E-state index contributed by atoms with van der Waals surface area (Å²) in [6.07, 6.45) is 6.08. The maximum absolute atomic E-state index is 12.9. The highest BCUT2D eigenvalue weighted by atomic mass is 16.3. The van der Waals surface area contributed by atoms with Crippen molar-refractivity contribution in [3.8, 4) is 0 Å². The number of nitrogens with zero attached hydrogens (tertiary/aromatic N) is 4. The molecule has 1 aromatic heterocycles. The van der Waals surface area contributed by atoms with E-state index in [1.54, 1.807) is 4.68 Å². The molecule has 0 radical (unpaired) electrons. The summed E-state index contributed by atoms with van der Waals surface area (Å²) in [4.78, 5) is 16.9. The van der Waals surface area contributed by atoms with Gasteiger partial charge in [0, 0.05) is 44.5 Å². The van der Waals surface area contributed by atoms with Crippen molar-refractivity contribution in [2.45, 2.75) is 38.0 Å². The predicted octanol–water partition coefficient (Wildman–Crippen LogP) is 0.224. The number of aryl methyl sites for hydroxylation is 1. The average molecular weight is 292 g/mol. The molecular formula is C15H24N4O2. The molecule has 0 aromatic carbocycles. The Labute approximate surface area is 125 Å². The zero-order valence-corrected chi connectivity index (χ0v) is 12.8. The number of likely N-dealkylation sites (tertiary alicyclic amines) is 1. The Bertz CT molecular complexity index is 512. The molecule has 0 unspecified atom stereocenters. The Morgan fingerprint density at radius 1 is 1.43 bits per heavy atom. The van der Waals surface area contributed by atoms with Gasteiger partial charge in [-0.3, -0.25) is 9.48 Å². The Balaban J connectivity index is 1.72. The smallest absolute Gasteiger partial charge is 0.230 e. The minimum atomic E-state index is -0.510. The van der Waals surface area contributed by atoms with Gasteiger partial charge in [-0.15, -0.1) is 0 Å². The fourth-order valence-corrected chi connectivity index (χ4v) is 3.08. The van der Waals surface area contributed by atoms with E-state index in [1.165, 1.54) is 0 Å². The molecule has 1 N–H and O–H groups in total. The number of carbonyl (C=O) groups is 1. The van der Waals surface area contributed by atoms with Crippen LogP contribution in [0.25, 0.3) is 0 Å². The molecule has 0 bridgehead atoms. The fraction of sp³-hybridized carbons (Fsp3) is 0.733. The fourth-order valence-electron chi connectivity index (χ4n) is 3.08. The van der Waals surface area contributed by atoms with Crippen molar-refractivity contribution in [2.24, 2.45) is 13.0 Å². The second-order valence-electron chi connectivity index (χ2n) is 6.44. The highest BCUT2D eigenvalue weighted by molar-refractivity contribution is 5.80. The van der Waals surface area contributed by atoms with Crippen molar-refractivity contribution in [3.63, 3.8) is 0 Å². The predicted molar refractivity (Wildman–Crippen MR) is 78.4 cm³/mol. The van der Waals surface area contributed by atoms with E-state index in [4.69, 9.17) is 0 Å². The van der Waals surface area contributed by atoms with Crippen LogP contribution in [0.4, 0.5) is 0 Å². The number of hydrogen-bond donors (Lipinski definition) is 1. The Kier molecular flexibility index (Phi) is 3.99. The molecule has 2 heterocycles. The Hall–Kier alpha value is -1.40. The van der Waals surface area contributed by atoms with E-state index in [1.807, 2.05) is 31.4 Å². The van der Waals surface area contributed by atoms with E-state index >= 15 is 0 Å². The number of hydrogen-bond acceptors (Lipinski definition) is 4. The first-order valence-electron chi connectivity index (χ1n) is 7.69. The van der Waals surface area contributed by atoms with Crippen molar-refractivity contribution >= 4 is 5.91 Å². The van der Waals surface area contributed by atoms with Crippen LogP contribution in [0.1, 0.15) is 24.8 Å². The number of amides is 1. The van der Waals surface area contributed by atoms with Crippen LogP contribution in [-0.2, 0) is 18.4 Å². The van der Waals surface area contributed by atoms with Crippen LogP contribution in [0.2, 0.25) is 0 Å². The minimum Gasteiger partial charge on any atom is -0.392 e. The van der Waals surface area contributed by atoms with Gasteiger partial charge in [0.1, 0.15) is 0 Å². The van der Waals surface area contributed by atoms with Gasteiger partial charge < -0.3 is 14.9 Å². The molecular weight excluding hydrogens is 268 g/mol. The molecule has 0 spiro atoms. The van der Waals surface area contributed by atoms with E-state index in [9.17, 15) is 9.90 Å². The lowest BCUT2D eigenvalue weighted by Gasteiger charge is -2.36. The third kappa shape index (κ3) is 3.27. The average Bonchev–Trinajstić information content (AvgIpc) is 3.21. The van der Waals surface area contributed by atoms with Gasteiger partial charge in [0.15, 0.2) is 0 Å². The normalized spacial score (nSPS) is 26.8. The van der Waals surface area contributed by atoms with Gasteiger partial charge in [-0.2, -0.15) is 5.10 Å². The molecule has 1 aromatic rings. The van der Waals surface area contributed by atoms with Crippen LogP contribution in [0.3, 0.4) is 0 Å². The zero-order valence-electron chi connectivity index (χ0n) is 12.8. The van der Waals surface area contributed by atoms with E-state index in [-0.39, 0.29) is 11.8 Å². The van der Waals surface area contributed by atoms with E-state index in [0.29, 0.717) is 25.6 Å². The van der Waals surface area contributed by atoms with Gasteiger partial charge in [-0.05, 0) is 26.3 Å². The van der Waals surface area contributed by atoms with Crippen molar-refractivity contribution in [1.82, 2.24) is 19.6 Å². The summed E-state index contributed by atoms with van der Waals surface area (Å²) in [6.45, 7) is 2.11. The van der Waals surface area contributed by atoms with Crippen LogP contribution in [0, 0.1) is 5.92 Å². The molecule has 1 saturated carbocycles. The number of aromatic nitrogens is 2. The molecule has 2 aliphatic rings. The lowest BCUT2D eigenvalue weighted by atomic mass is 9.93. The molecule has 6 heteroatoms.